The van der Waals surface area contributed by atoms with Gasteiger partial charge in [-0.2, -0.15) is 0 Å². The van der Waals surface area contributed by atoms with Crippen molar-refractivity contribution in [2.75, 3.05) is 0 Å². The van der Waals surface area contributed by atoms with E-state index in [1.165, 1.54) is 5.56 Å². The van der Waals surface area contributed by atoms with E-state index in [-0.39, 0.29) is 0 Å². The third-order valence-corrected chi connectivity index (χ3v) is 3.48. The lowest BCUT2D eigenvalue weighted by Gasteiger charge is -2.01. The molecule has 0 radical (unpaired) electrons. The summed E-state index contributed by atoms with van der Waals surface area (Å²) in [6.45, 7) is 4.75. The fourth-order valence-corrected chi connectivity index (χ4v) is 2.34. The van der Waals surface area contributed by atoms with Crippen LogP contribution in [-0.2, 0) is 6.54 Å². The Morgan fingerprint density at radius 3 is 2.53 bits per heavy atom. The number of imidazole rings is 1. The summed E-state index contributed by atoms with van der Waals surface area (Å²) in [6.07, 6.45) is 2.07. The molecule has 3 heteroatoms. The molecule has 0 spiro atoms. The number of hydrogen-bond donors (Lipinski definition) is 1. The lowest BCUT2D eigenvalue weighted by molar-refractivity contribution is 1.07. The molecule has 0 aliphatic carbocycles. The molecule has 19 heavy (non-hydrogen) atoms. The zero-order chi connectivity index (χ0) is 13.4. The van der Waals surface area contributed by atoms with Crippen molar-refractivity contribution in [3.63, 3.8) is 0 Å². The molecule has 2 heterocycles. The van der Waals surface area contributed by atoms with Gasteiger partial charge in [-0.05, 0) is 37.1 Å². The van der Waals surface area contributed by atoms with Gasteiger partial charge in [-0.3, -0.25) is 0 Å². The lowest BCUT2D eigenvalue weighted by Crippen LogP contribution is -1.95. The average Bonchev–Trinajstić information content (AvgIpc) is 2.75. The van der Waals surface area contributed by atoms with Crippen LogP contribution in [-0.4, -0.2) is 9.38 Å². The van der Waals surface area contributed by atoms with Gasteiger partial charge in [0.2, 0.25) is 0 Å². The Bertz CT molecular complexity index is 724. The molecule has 1 aromatic carbocycles. The minimum atomic E-state index is 0.573. The van der Waals surface area contributed by atoms with Crippen LogP contribution >= 0.6 is 0 Å². The Kier molecular flexibility index (Phi) is 2.84. The topological polar surface area (TPSA) is 43.3 Å². The summed E-state index contributed by atoms with van der Waals surface area (Å²) in [5, 5.41) is 0. The summed E-state index contributed by atoms with van der Waals surface area (Å²) < 4.78 is 2.12. The Labute approximate surface area is 112 Å². The number of hydrogen-bond acceptors (Lipinski definition) is 2. The highest BCUT2D eigenvalue weighted by atomic mass is 15.0. The molecule has 0 atom stereocenters. The molecule has 3 nitrogen and oxygen atoms in total. The van der Waals surface area contributed by atoms with Crippen LogP contribution in [0.5, 0.6) is 0 Å². The highest BCUT2D eigenvalue weighted by Gasteiger charge is 2.10. The standard InChI is InChI=1S/C16H17N3/c1-11-7-8-19-12(2)16(18-15(19)9-11)14-5-3-13(10-17)4-6-14/h3-9H,10,17H2,1-2H3. The highest BCUT2D eigenvalue weighted by molar-refractivity contribution is 5.66. The number of nitrogens with zero attached hydrogens (tertiary/aromatic N) is 2. The molecule has 0 saturated carbocycles. The number of pyridine rings is 1. The quantitative estimate of drug-likeness (QED) is 0.760. The van der Waals surface area contributed by atoms with E-state index in [2.05, 4.69) is 60.8 Å². The first-order chi connectivity index (χ1) is 9.19. The predicted octanol–water partition coefficient (Wildman–Crippen LogP) is 3.08. The van der Waals surface area contributed by atoms with E-state index in [0.717, 1.165) is 28.2 Å². The highest BCUT2D eigenvalue weighted by Crippen LogP contribution is 2.24. The van der Waals surface area contributed by atoms with Gasteiger partial charge in [0.15, 0.2) is 0 Å². The Morgan fingerprint density at radius 2 is 1.84 bits per heavy atom. The summed E-state index contributed by atoms with van der Waals surface area (Å²) in [5.41, 5.74) is 12.3. The first-order valence-electron chi connectivity index (χ1n) is 6.44. The number of rotatable bonds is 2. The Morgan fingerprint density at radius 1 is 1.11 bits per heavy atom. The minimum Gasteiger partial charge on any atom is -0.326 e. The van der Waals surface area contributed by atoms with Crippen molar-refractivity contribution in [2.24, 2.45) is 5.73 Å². The molecule has 0 bridgehead atoms. The van der Waals surface area contributed by atoms with Crippen LogP contribution in [0.1, 0.15) is 16.8 Å². The van der Waals surface area contributed by atoms with Crippen molar-refractivity contribution in [3.05, 3.63) is 59.4 Å². The van der Waals surface area contributed by atoms with Gasteiger partial charge in [-0.15, -0.1) is 0 Å². The van der Waals surface area contributed by atoms with Crippen LogP contribution in [0.25, 0.3) is 16.9 Å². The molecule has 0 aliphatic heterocycles. The zero-order valence-electron chi connectivity index (χ0n) is 11.2. The van der Waals surface area contributed by atoms with E-state index in [1.807, 2.05) is 0 Å². The Balaban J connectivity index is 2.15. The van der Waals surface area contributed by atoms with Crippen LogP contribution < -0.4 is 5.73 Å². The summed E-state index contributed by atoms with van der Waals surface area (Å²) in [7, 11) is 0. The summed E-state index contributed by atoms with van der Waals surface area (Å²) >= 11 is 0. The third kappa shape index (κ3) is 2.02. The summed E-state index contributed by atoms with van der Waals surface area (Å²) in [4.78, 5) is 4.73. The van der Waals surface area contributed by atoms with Gasteiger partial charge in [0, 0.05) is 24.0 Å². The van der Waals surface area contributed by atoms with Gasteiger partial charge in [0.1, 0.15) is 5.65 Å². The summed E-state index contributed by atoms with van der Waals surface area (Å²) in [5.74, 6) is 0. The minimum absolute atomic E-state index is 0.573. The molecular formula is C16H17N3. The van der Waals surface area contributed by atoms with Gasteiger partial charge in [-0.1, -0.05) is 24.3 Å². The van der Waals surface area contributed by atoms with E-state index in [1.54, 1.807) is 0 Å². The summed E-state index contributed by atoms with van der Waals surface area (Å²) in [6, 6.07) is 12.5. The molecule has 0 saturated heterocycles. The predicted molar refractivity (Wildman–Crippen MR) is 78.0 cm³/mol. The molecular weight excluding hydrogens is 234 g/mol. The number of aromatic nitrogens is 2. The van der Waals surface area contributed by atoms with Gasteiger partial charge in [0.25, 0.3) is 0 Å². The molecule has 3 aromatic rings. The van der Waals surface area contributed by atoms with E-state index < -0.39 is 0 Å². The molecule has 2 N–H and O–H groups in total. The van der Waals surface area contributed by atoms with Crippen molar-refractivity contribution in [3.8, 4) is 11.3 Å². The van der Waals surface area contributed by atoms with Gasteiger partial charge < -0.3 is 10.1 Å². The number of fused-ring (bicyclic) bond motifs is 1. The molecule has 0 amide bonds. The Hall–Kier alpha value is -2.13. The van der Waals surface area contributed by atoms with Crippen molar-refractivity contribution >= 4 is 5.65 Å². The smallest absolute Gasteiger partial charge is 0.137 e. The first-order valence-corrected chi connectivity index (χ1v) is 6.44. The second-order valence-corrected chi connectivity index (χ2v) is 4.88. The van der Waals surface area contributed by atoms with Crippen molar-refractivity contribution in [1.29, 1.82) is 0 Å². The van der Waals surface area contributed by atoms with Gasteiger partial charge >= 0.3 is 0 Å². The normalized spacial score (nSPS) is 11.1. The SMILES string of the molecule is Cc1ccn2c(C)c(-c3ccc(CN)cc3)nc2c1. The fraction of sp³-hybridized carbons (Fsp3) is 0.188. The average molecular weight is 251 g/mol. The fourth-order valence-electron chi connectivity index (χ4n) is 2.34. The maximum atomic E-state index is 5.63. The van der Waals surface area contributed by atoms with E-state index in [9.17, 15) is 0 Å². The largest absolute Gasteiger partial charge is 0.326 e. The second kappa shape index (κ2) is 4.52. The van der Waals surface area contributed by atoms with Crippen LogP contribution in [0.15, 0.2) is 42.6 Å². The molecule has 96 valence electrons. The third-order valence-electron chi connectivity index (χ3n) is 3.48. The zero-order valence-corrected chi connectivity index (χ0v) is 11.2. The van der Waals surface area contributed by atoms with E-state index in [0.29, 0.717) is 6.54 Å². The van der Waals surface area contributed by atoms with Crippen molar-refractivity contribution in [1.82, 2.24) is 9.38 Å². The molecule has 0 fully saturated rings. The molecule has 0 aliphatic rings. The van der Waals surface area contributed by atoms with Crippen molar-refractivity contribution in [2.45, 2.75) is 20.4 Å². The number of nitrogens with two attached hydrogens (primary N) is 1. The molecule has 0 unspecified atom stereocenters. The van der Waals surface area contributed by atoms with Gasteiger partial charge in [-0.25, -0.2) is 4.98 Å². The van der Waals surface area contributed by atoms with Crippen LogP contribution in [0.2, 0.25) is 0 Å². The number of benzene rings is 1. The van der Waals surface area contributed by atoms with E-state index >= 15 is 0 Å². The second-order valence-electron chi connectivity index (χ2n) is 4.88. The number of aryl methyl sites for hydroxylation is 2. The maximum absolute atomic E-state index is 5.63. The monoisotopic (exact) mass is 251 g/mol. The molecule has 3 rings (SSSR count). The molecule has 2 aromatic heterocycles. The lowest BCUT2D eigenvalue weighted by atomic mass is 10.1. The van der Waals surface area contributed by atoms with Gasteiger partial charge in [0.05, 0.1) is 5.69 Å². The van der Waals surface area contributed by atoms with Crippen molar-refractivity contribution < 1.29 is 0 Å². The van der Waals surface area contributed by atoms with Crippen LogP contribution in [0.3, 0.4) is 0 Å². The van der Waals surface area contributed by atoms with E-state index in [4.69, 9.17) is 10.7 Å². The van der Waals surface area contributed by atoms with Crippen LogP contribution in [0.4, 0.5) is 0 Å². The van der Waals surface area contributed by atoms with Crippen LogP contribution in [0, 0.1) is 13.8 Å². The maximum Gasteiger partial charge on any atom is 0.137 e. The first kappa shape index (κ1) is 11.9.